The minimum atomic E-state index is -0.652. The Morgan fingerprint density at radius 3 is 2.50 bits per heavy atom. The van der Waals surface area contributed by atoms with Gasteiger partial charge in [-0.3, -0.25) is 14.5 Å². The van der Waals surface area contributed by atoms with Gasteiger partial charge in [0.15, 0.2) is 0 Å². The fourth-order valence-corrected chi connectivity index (χ4v) is 4.22. The van der Waals surface area contributed by atoms with E-state index in [1.807, 2.05) is 6.07 Å². The van der Waals surface area contributed by atoms with Crippen LogP contribution in [0.1, 0.15) is 38.0 Å². The average Bonchev–Trinajstić information content (AvgIpc) is 3.55. The maximum absolute atomic E-state index is 12.8. The lowest BCUT2D eigenvalue weighted by molar-refractivity contribution is -0.123. The molecule has 0 saturated carbocycles. The number of ether oxygens (including phenoxy) is 2. The first-order valence-electron chi connectivity index (χ1n) is 10.0. The molecule has 34 heavy (non-hydrogen) atoms. The fraction of sp³-hybridized carbons (Fsp3) is 0.167. The molecule has 0 atom stereocenters. The zero-order chi connectivity index (χ0) is 24.4. The number of rotatable bonds is 6. The van der Waals surface area contributed by atoms with Crippen LogP contribution in [-0.4, -0.2) is 42.2 Å². The number of esters is 2. The van der Waals surface area contributed by atoms with Crippen LogP contribution in [0.4, 0.5) is 4.79 Å². The van der Waals surface area contributed by atoms with Crippen molar-refractivity contribution in [3.8, 4) is 11.3 Å². The number of thioether (sulfide) groups is 1. The third-order valence-electron chi connectivity index (χ3n) is 5.14. The summed E-state index contributed by atoms with van der Waals surface area (Å²) in [6, 6.07) is 11.5. The highest BCUT2D eigenvalue weighted by molar-refractivity contribution is 8.18. The van der Waals surface area contributed by atoms with E-state index in [9.17, 15) is 19.2 Å². The summed E-state index contributed by atoms with van der Waals surface area (Å²) in [5.74, 6) is -0.488. The second-order valence-electron chi connectivity index (χ2n) is 7.20. The van der Waals surface area contributed by atoms with Gasteiger partial charge in [-0.15, -0.1) is 0 Å². The van der Waals surface area contributed by atoms with Crippen molar-refractivity contribution in [2.24, 2.45) is 0 Å². The SMILES string of the molecule is COC(=O)c1ccc(CN2C(=O)S/C(=C/c3ccc(-c4cccc(C(=O)OC)c4C)o3)C2=O)o1. The summed E-state index contributed by atoms with van der Waals surface area (Å²) in [6.45, 7) is 1.66. The predicted molar refractivity (Wildman–Crippen MR) is 122 cm³/mol. The van der Waals surface area contributed by atoms with Crippen LogP contribution in [0.3, 0.4) is 0 Å². The number of hydrogen-bond donors (Lipinski definition) is 0. The monoisotopic (exact) mass is 481 g/mol. The van der Waals surface area contributed by atoms with Gasteiger partial charge < -0.3 is 18.3 Å². The second-order valence-corrected chi connectivity index (χ2v) is 8.19. The van der Waals surface area contributed by atoms with Crippen molar-refractivity contribution in [2.45, 2.75) is 13.5 Å². The maximum atomic E-state index is 12.8. The van der Waals surface area contributed by atoms with E-state index in [0.717, 1.165) is 16.7 Å². The van der Waals surface area contributed by atoms with E-state index in [1.165, 1.54) is 32.4 Å². The molecular weight excluding hydrogens is 462 g/mol. The van der Waals surface area contributed by atoms with Gasteiger partial charge in [-0.05, 0) is 54.6 Å². The van der Waals surface area contributed by atoms with Gasteiger partial charge in [0.25, 0.3) is 11.1 Å². The van der Waals surface area contributed by atoms with E-state index in [2.05, 4.69) is 4.74 Å². The number of carbonyl (C=O) groups excluding carboxylic acids is 4. The summed E-state index contributed by atoms with van der Waals surface area (Å²) in [4.78, 5) is 49.9. The largest absolute Gasteiger partial charge is 0.465 e. The summed E-state index contributed by atoms with van der Waals surface area (Å²) >= 11 is 0.775. The quantitative estimate of drug-likeness (QED) is 0.366. The molecule has 3 heterocycles. The lowest BCUT2D eigenvalue weighted by Crippen LogP contribution is -2.27. The van der Waals surface area contributed by atoms with E-state index < -0.39 is 23.1 Å². The van der Waals surface area contributed by atoms with Gasteiger partial charge in [0.2, 0.25) is 5.76 Å². The molecule has 0 N–H and O–H groups in total. The van der Waals surface area contributed by atoms with Gasteiger partial charge in [0.1, 0.15) is 17.3 Å². The molecule has 1 fully saturated rings. The Morgan fingerprint density at radius 2 is 1.76 bits per heavy atom. The topological polar surface area (TPSA) is 116 Å². The molecule has 0 aliphatic carbocycles. The number of imide groups is 1. The summed E-state index contributed by atoms with van der Waals surface area (Å²) in [7, 11) is 2.54. The number of hydrogen-bond acceptors (Lipinski definition) is 9. The fourth-order valence-electron chi connectivity index (χ4n) is 3.40. The van der Waals surface area contributed by atoms with Crippen LogP contribution in [-0.2, 0) is 20.8 Å². The van der Waals surface area contributed by atoms with Crippen LogP contribution >= 0.6 is 11.8 Å². The summed E-state index contributed by atoms with van der Waals surface area (Å²) < 4.78 is 20.6. The molecule has 1 saturated heterocycles. The Balaban J connectivity index is 1.53. The van der Waals surface area contributed by atoms with Crippen molar-refractivity contribution < 1.29 is 37.5 Å². The minimum Gasteiger partial charge on any atom is -0.465 e. The van der Waals surface area contributed by atoms with Crippen LogP contribution in [0.5, 0.6) is 0 Å². The van der Waals surface area contributed by atoms with Gasteiger partial charge in [-0.2, -0.15) is 0 Å². The van der Waals surface area contributed by atoms with Gasteiger partial charge in [-0.1, -0.05) is 12.1 Å². The molecule has 9 nitrogen and oxygen atoms in total. The molecule has 174 valence electrons. The zero-order valence-corrected chi connectivity index (χ0v) is 19.3. The van der Waals surface area contributed by atoms with Crippen molar-refractivity contribution >= 4 is 40.9 Å². The second kappa shape index (κ2) is 9.44. The minimum absolute atomic E-state index is 0.0188. The maximum Gasteiger partial charge on any atom is 0.373 e. The first-order valence-corrected chi connectivity index (χ1v) is 10.8. The van der Waals surface area contributed by atoms with Crippen molar-refractivity contribution in [3.63, 3.8) is 0 Å². The number of carbonyl (C=O) groups is 4. The number of amides is 2. The third-order valence-corrected chi connectivity index (χ3v) is 6.05. The van der Waals surface area contributed by atoms with Crippen molar-refractivity contribution in [2.75, 3.05) is 14.2 Å². The van der Waals surface area contributed by atoms with Crippen molar-refractivity contribution in [1.29, 1.82) is 0 Å². The van der Waals surface area contributed by atoms with Gasteiger partial charge >= 0.3 is 11.9 Å². The first kappa shape index (κ1) is 23.1. The number of nitrogens with zero attached hydrogens (tertiary/aromatic N) is 1. The highest BCUT2D eigenvalue weighted by atomic mass is 32.2. The highest BCUT2D eigenvalue weighted by Crippen LogP contribution is 2.35. The van der Waals surface area contributed by atoms with E-state index in [4.69, 9.17) is 13.6 Å². The average molecular weight is 481 g/mol. The predicted octanol–water partition coefficient (Wildman–Crippen LogP) is 4.66. The van der Waals surface area contributed by atoms with Crippen LogP contribution in [0, 0.1) is 6.92 Å². The van der Waals surface area contributed by atoms with Gasteiger partial charge in [-0.25, -0.2) is 9.59 Å². The molecule has 10 heteroatoms. The highest BCUT2D eigenvalue weighted by Gasteiger charge is 2.36. The molecule has 0 spiro atoms. The lowest BCUT2D eigenvalue weighted by atomic mass is 10.0. The van der Waals surface area contributed by atoms with E-state index >= 15 is 0 Å². The summed E-state index contributed by atoms with van der Waals surface area (Å²) in [5, 5.41) is -0.472. The number of furan rings is 2. The zero-order valence-electron chi connectivity index (χ0n) is 18.4. The molecule has 2 amide bonds. The normalized spacial score (nSPS) is 14.7. The Bertz CT molecular complexity index is 1330. The first-order chi connectivity index (χ1) is 16.3. The molecule has 1 aliphatic rings. The number of methoxy groups -OCH3 is 2. The van der Waals surface area contributed by atoms with Crippen LogP contribution in [0.2, 0.25) is 0 Å². The van der Waals surface area contributed by atoms with E-state index in [1.54, 1.807) is 31.2 Å². The Kier molecular flexibility index (Phi) is 6.42. The Hall–Kier alpha value is -4.05. The van der Waals surface area contributed by atoms with Crippen LogP contribution in [0.25, 0.3) is 17.4 Å². The molecule has 0 unspecified atom stereocenters. The van der Waals surface area contributed by atoms with E-state index in [-0.39, 0.29) is 23.0 Å². The molecule has 4 rings (SSSR count). The van der Waals surface area contributed by atoms with Crippen LogP contribution in [0.15, 0.2) is 56.2 Å². The van der Waals surface area contributed by atoms with Crippen molar-refractivity contribution in [3.05, 3.63) is 75.8 Å². The lowest BCUT2D eigenvalue weighted by Gasteiger charge is -2.09. The summed E-state index contributed by atoms with van der Waals surface area (Å²) in [5.41, 5.74) is 1.82. The standard InChI is InChI=1S/C24H19NO8S/c1-13-16(5-4-6-17(13)22(27)30-2)18-9-7-14(32-18)11-20-21(26)25(24(29)34-20)12-15-8-10-19(33-15)23(28)31-3/h4-11H,12H2,1-3H3/b20-11+. The summed E-state index contributed by atoms with van der Waals surface area (Å²) in [6.07, 6.45) is 1.48. The molecule has 3 aromatic rings. The molecular formula is C24H19NO8S. The smallest absolute Gasteiger partial charge is 0.373 e. The number of benzene rings is 1. The Morgan fingerprint density at radius 1 is 1.00 bits per heavy atom. The third kappa shape index (κ3) is 4.40. The van der Waals surface area contributed by atoms with Gasteiger partial charge in [0, 0.05) is 11.6 Å². The van der Waals surface area contributed by atoms with Crippen molar-refractivity contribution in [1.82, 2.24) is 4.90 Å². The van der Waals surface area contributed by atoms with Gasteiger partial charge in [0.05, 0.1) is 31.2 Å². The molecule has 1 aromatic carbocycles. The molecule has 1 aliphatic heterocycles. The molecule has 0 radical (unpaired) electrons. The Labute approximate surface area is 198 Å². The van der Waals surface area contributed by atoms with Crippen LogP contribution < -0.4 is 0 Å². The molecule has 0 bridgehead atoms. The van der Waals surface area contributed by atoms with E-state index in [0.29, 0.717) is 28.2 Å². The molecule has 2 aromatic heterocycles.